The van der Waals surface area contributed by atoms with Gasteiger partial charge in [0.1, 0.15) is 5.56 Å². The molecule has 1 aromatic carbocycles. The monoisotopic (exact) mass is 194 g/mol. The molecule has 0 N–H and O–H groups in total. The van der Waals surface area contributed by atoms with Crippen molar-refractivity contribution in [2.45, 2.75) is 6.92 Å². The lowest BCUT2D eigenvalue weighted by atomic mass is 10.1. The molecule has 0 radical (unpaired) electrons. The number of esters is 1. The van der Waals surface area contributed by atoms with Gasteiger partial charge in [0.05, 0.1) is 7.11 Å². The van der Waals surface area contributed by atoms with Gasteiger partial charge in [0.15, 0.2) is 11.5 Å². The van der Waals surface area contributed by atoms with Crippen LogP contribution in [0.1, 0.15) is 15.9 Å². The molecule has 0 bridgehead atoms. The Labute approximate surface area is 81.4 Å². The maximum absolute atomic E-state index is 11.4. The maximum atomic E-state index is 11.4. The van der Waals surface area contributed by atoms with Crippen LogP contribution in [0.4, 0.5) is 0 Å². The van der Waals surface area contributed by atoms with Crippen molar-refractivity contribution in [3.8, 4) is 11.5 Å². The van der Waals surface area contributed by atoms with E-state index in [1.54, 1.807) is 6.07 Å². The highest BCUT2D eigenvalue weighted by Crippen LogP contribution is 2.36. The van der Waals surface area contributed by atoms with Gasteiger partial charge < -0.3 is 14.2 Å². The molecule has 14 heavy (non-hydrogen) atoms. The first-order valence-electron chi connectivity index (χ1n) is 4.21. The fraction of sp³-hybridized carbons (Fsp3) is 0.300. The molecule has 74 valence electrons. The zero-order chi connectivity index (χ0) is 10.1. The van der Waals surface area contributed by atoms with E-state index in [1.165, 1.54) is 7.11 Å². The molecule has 0 spiro atoms. The van der Waals surface area contributed by atoms with E-state index in [2.05, 4.69) is 4.74 Å². The van der Waals surface area contributed by atoms with Crippen molar-refractivity contribution < 1.29 is 19.0 Å². The highest BCUT2D eigenvalue weighted by Gasteiger charge is 2.23. The van der Waals surface area contributed by atoms with E-state index in [-0.39, 0.29) is 6.79 Å². The van der Waals surface area contributed by atoms with Crippen molar-refractivity contribution in [3.05, 3.63) is 23.3 Å². The van der Waals surface area contributed by atoms with Gasteiger partial charge in [-0.15, -0.1) is 0 Å². The molecule has 0 aromatic heterocycles. The predicted octanol–water partition coefficient (Wildman–Crippen LogP) is 1.51. The van der Waals surface area contributed by atoms with E-state index < -0.39 is 5.97 Å². The first-order valence-corrected chi connectivity index (χ1v) is 4.21. The second-order valence-electron chi connectivity index (χ2n) is 3.04. The quantitative estimate of drug-likeness (QED) is 0.635. The molecule has 0 aliphatic carbocycles. The molecular weight excluding hydrogens is 184 g/mol. The number of ether oxygens (including phenoxy) is 3. The van der Waals surface area contributed by atoms with Crippen molar-refractivity contribution in [2.75, 3.05) is 13.9 Å². The summed E-state index contributed by atoms with van der Waals surface area (Å²) in [6, 6.07) is 3.55. The largest absolute Gasteiger partial charge is 0.465 e. The average Bonchev–Trinajstić information content (AvgIpc) is 2.62. The minimum absolute atomic E-state index is 0.156. The van der Waals surface area contributed by atoms with Crippen molar-refractivity contribution in [1.82, 2.24) is 0 Å². The third-order valence-electron chi connectivity index (χ3n) is 2.02. The van der Waals surface area contributed by atoms with E-state index in [9.17, 15) is 4.79 Å². The topological polar surface area (TPSA) is 44.8 Å². The lowest BCUT2D eigenvalue weighted by Crippen LogP contribution is -2.03. The number of fused-ring (bicyclic) bond motifs is 1. The summed E-state index contributed by atoms with van der Waals surface area (Å²) in [4.78, 5) is 11.4. The minimum Gasteiger partial charge on any atom is -0.465 e. The molecule has 4 nitrogen and oxygen atoms in total. The van der Waals surface area contributed by atoms with Crippen molar-refractivity contribution in [2.24, 2.45) is 0 Å². The molecule has 1 aliphatic rings. The summed E-state index contributed by atoms with van der Waals surface area (Å²) >= 11 is 0. The molecule has 1 aromatic rings. The first-order chi connectivity index (χ1) is 6.72. The van der Waals surface area contributed by atoms with Gasteiger partial charge in [-0.05, 0) is 24.6 Å². The number of carbonyl (C=O) groups excluding carboxylic acids is 1. The molecule has 2 rings (SSSR count). The van der Waals surface area contributed by atoms with Gasteiger partial charge in [-0.25, -0.2) is 4.79 Å². The molecule has 0 fully saturated rings. The van der Waals surface area contributed by atoms with E-state index in [0.717, 1.165) is 5.56 Å². The Bertz CT molecular complexity index is 384. The minimum atomic E-state index is -0.407. The highest BCUT2D eigenvalue weighted by atomic mass is 16.7. The molecule has 4 heteroatoms. The third kappa shape index (κ3) is 1.28. The Morgan fingerprint density at radius 1 is 1.43 bits per heavy atom. The second-order valence-corrected chi connectivity index (χ2v) is 3.04. The van der Waals surface area contributed by atoms with E-state index in [0.29, 0.717) is 17.1 Å². The Balaban J connectivity index is 2.54. The van der Waals surface area contributed by atoms with Crippen LogP contribution in [-0.4, -0.2) is 19.9 Å². The molecule has 1 heterocycles. The second kappa shape index (κ2) is 3.21. The third-order valence-corrected chi connectivity index (χ3v) is 2.02. The molecule has 1 aliphatic heterocycles. The van der Waals surface area contributed by atoms with Gasteiger partial charge in [-0.3, -0.25) is 0 Å². The van der Waals surface area contributed by atoms with Crippen LogP contribution in [0, 0.1) is 6.92 Å². The van der Waals surface area contributed by atoms with Crippen LogP contribution in [0.3, 0.4) is 0 Å². The summed E-state index contributed by atoms with van der Waals surface area (Å²) in [5.74, 6) is 0.670. The summed E-state index contributed by atoms with van der Waals surface area (Å²) in [6.45, 7) is 2.04. The van der Waals surface area contributed by atoms with Crippen LogP contribution in [-0.2, 0) is 4.74 Å². The molecule has 0 amide bonds. The van der Waals surface area contributed by atoms with Gasteiger partial charge >= 0.3 is 5.97 Å². The van der Waals surface area contributed by atoms with Gasteiger partial charge in [-0.1, -0.05) is 0 Å². The Kier molecular flexibility index (Phi) is 2.04. The highest BCUT2D eigenvalue weighted by molar-refractivity contribution is 5.94. The first kappa shape index (κ1) is 8.87. The lowest BCUT2D eigenvalue weighted by molar-refractivity contribution is 0.0596. The molecule has 0 saturated heterocycles. The smallest absolute Gasteiger partial charge is 0.341 e. The van der Waals surface area contributed by atoms with Crippen molar-refractivity contribution in [3.63, 3.8) is 0 Å². The van der Waals surface area contributed by atoms with Gasteiger partial charge in [0.25, 0.3) is 0 Å². The van der Waals surface area contributed by atoms with Crippen LogP contribution in [0.2, 0.25) is 0 Å². The fourth-order valence-corrected chi connectivity index (χ4v) is 1.41. The molecule has 0 unspecified atom stereocenters. The van der Waals surface area contributed by atoms with E-state index in [4.69, 9.17) is 9.47 Å². The number of hydrogen-bond acceptors (Lipinski definition) is 4. The maximum Gasteiger partial charge on any atom is 0.341 e. The fourth-order valence-electron chi connectivity index (χ4n) is 1.41. The average molecular weight is 194 g/mol. The van der Waals surface area contributed by atoms with Crippen molar-refractivity contribution in [1.29, 1.82) is 0 Å². The molecule has 0 saturated carbocycles. The Morgan fingerprint density at radius 3 is 2.93 bits per heavy atom. The summed E-state index contributed by atoms with van der Waals surface area (Å²) in [6.07, 6.45) is 0. The van der Waals surface area contributed by atoms with Gasteiger partial charge in [-0.2, -0.15) is 0 Å². The summed E-state index contributed by atoms with van der Waals surface area (Å²) in [5, 5.41) is 0. The summed E-state index contributed by atoms with van der Waals surface area (Å²) < 4.78 is 15.0. The van der Waals surface area contributed by atoms with Crippen LogP contribution >= 0.6 is 0 Å². The van der Waals surface area contributed by atoms with Gasteiger partial charge in [0.2, 0.25) is 6.79 Å². The zero-order valence-electron chi connectivity index (χ0n) is 7.99. The number of aryl methyl sites for hydroxylation is 1. The number of carbonyl (C=O) groups is 1. The van der Waals surface area contributed by atoms with Crippen LogP contribution in [0.15, 0.2) is 12.1 Å². The number of rotatable bonds is 1. The van der Waals surface area contributed by atoms with Crippen LogP contribution in [0.25, 0.3) is 0 Å². The number of benzene rings is 1. The Morgan fingerprint density at radius 2 is 2.21 bits per heavy atom. The predicted molar refractivity (Wildman–Crippen MR) is 48.6 cm³/mol. The summed E-state index contributed by atoms with van der Waals surface area (Å²) in [5.41, 5.74) is 1.36. The van der Waals surface area contributed by atoms with Gasteiger partial charge in [0, 0.05) is 0 Å². The number of hydrogen-bond donors (Lipinski definition) is 0. The number of methoxy groups -OCH3 is 1. The zero-order valence-corrected chi connectivity index (χ0v) is 7.99. The lowest BCUT2D eigenvalue weighted by Gasteiger charge is -2.04. The van der Waals surface area contributed by atoms with E-state index >= 15 is 0 Å². The SMILES string of the molecule is COC(=O)c1cc(C)cc2c1OCO2. The van der Waals surface area contributed by atoms with E-state index in [1.807, 2.05) is 13.0 Å². The molecular formula is C10H10O4. The summed E-state index contributed by atoms with van der Waals surface area (Å²) in [7, 11) is 1.34. The standard InChI is InChI=1S/C10H10O4/c1-6-3-7(10(11)12-2)9-8(4-6)13-5-14-9/h3-4H,5H2,1-2H3. The molecule has 0 atom stereocenters. The Hall–Kier alpha value is -1.71. The van der Waals surface area contributed by atoms with Crippen LogP contribution in [0.5, 0.6) is 11.5 Å². The van der Waals surface area contributed by atoms with Crippen molar-refractivity contribution >= 4 is 5.97 Å². The van der Waals surface area contributed by atoms with Crippen LogP contribution < -0.4 is 9.47 Å². The normalized spacial score (nSPS) is 12.7.